The zero-order valence-corrected chi connectivity index (χ0v) is 12.4. The fourth-order valence-electron chi connectivity index (χ4n) is 2.18. The molecule has 0 aromatic carbocycles. The number of anilines is 1. The predicted octanol–water partition coefficient (Wildman–Crippen LogP) is 2.04. The van der Waals surface area contributed by atoms with E-state index < -0.39 is 0 Å². The van der Waals surface area contributed by atoms with E-state index in [2.05, 4.69) is 4.98 Å². The van der Waals surface area contributed by atoms with Crippen molar-refractivity contribution in [1.29, 1.82) is 0 Å². The third kappa shape index (κ3) is 3.48. The second-order valence-corrected chi connectivity index (χ2v) is 5.58. The zero-order valence-electron chi connectivity index (χ0n) is 12.4. The maximum atomic E-state index is 12.6. The first-order chi connectivity index (χ1) is 9.52. The van der Waals surface area contributed by atoms with Crippen molar-refractivity contribution >= 4 is 11.7 Å². The molecule has 1 amide bonds. The molecular weight excluding hydrogens is 254 g/mol. The quantitative estimate of drug-likeness (QED) is 0.864. The number of hydrogen-bond acceptors (Lipinski definition) is 4. The number of nitrogens with zero attached hydrogens (tertiary/aromatic N) is 2. The summed E-state index contributed by atoms with van der Waals surface area (Å²) in [5.74, 6) is 0.681. The number of rotatable bonds is 6. The summed E-state index contributed by atoms with van der Waals surface area (Å²) in [5, 5.41) is 0. The lowest BCUT2D eigenvalue weighted by Gasteiger charge is -2.22. The molecular formula is C15H23N3O2. The number of nitrogen functional groups attached to an aromatic ring is 1. The molecule has 0 radical (unpaired) electrons. The molecule has 1 saturated carbocycles. The SMILES string of the molecule is COCCN(C(=O)c1cc(N)nc(C(C)C)c1)C1CC1. The lowest BCUT2D eigenvalue weighted by atomic mass is 10.1. The Kier molecular flexibility index (Phi) is 4.60. The van der Waals surface area contributed by atoms with E-state index in [1.807, 2.05) is 24.8 Å². The van der Waals surface area contributed by atoms with Gasteiger partial charge in [-0.15, -0.1) is 0 Å². The Bertz CT molecular complexity index is 484. The normalized spacial score (nSPS) is 14.6. The molecule has 0 bridgehead atoms. The van der Waals surface area contributed by atoms with Gasteiger partial charge in [0.05, 0.1) is 6.61 Å². The standard InChI is InChI=1S/C15H23N3O2/c1-10(2)13-8-11(9-14(16)17-13)15(19)18(6-7-20-3)12-4-5-12/h8-10,12H,4-7H2,1-3H3,(H2,16,17). The lowest BCUT2D eigenvalue weighted by molar-refractivity contribution is 0.0680. The molecule has 5 nitrogen and oxygen atoms in total. The van der Waals surface area contributed by atoms with Crippen LogP contribution in [0.15, 0.2) is 12.1 Å². The van der Waals surface area contributed by atoms with Crippen molar-refractivity contribution in [3.05, 3.63) is 23.4 Å². The minimum absolute atomic E-state index is 0.0283. The summed E-state index contributed by atoms with van der Waals surface area (Å²) in [6, 6.07) is 3.87. The Morgan fingerprint density at radius 3 is 2.75 bits per heavy atom. The summed E-state index contributed by atoms with van der Waals surface area (Å²) in [5.41, 5.74) is 7.31. The molecule has 1 aromatic rings. The third-order valence-electron chi connectivity index (χ3n) is 3.49. The van der Waals surface area contributed by atoms with Gasteiger partial charge in [-0.25, -0.2) is 4.98 Å². The van der Waals surface area contributed by atoms with E-state index in [4.69, 9.17) is 10.5 Å². The molecule has 1 aliphatic carbocycles. The zero-order chi connectivity index (χ0) is 14.7. The highest BCUT2D eigenvalue weighted by atomic mass is 16.5. The smallest absolute Gasteiger partial charge is 0.254 e. The Labute approximate surface area is 120 Å². The molecule has 0 saturated heterocycles. The number of pyridine rings is 1. The van der Waals surface area contributed by atoms with Gasteiger partial charge >= 0.3 is 0 Å². The summed E-state index contributed by atoms with van der Waals surface area (Å²) in [4.78, 5) is 18.8. The second-order valence-electron chi connectivity index (χ2n) is 5.58. The van der Waals surface area contributed by atoms with Crippen LogP contribution in [0.3, 0.4) is 0 Å². The van der Waals surface area contributed by atoms with Crippen LogP contribution in [0.4, 0.5) is 5.82 Å². The fraction of sp³-hybridized carbons (Fsp3) is 0.600. The van der Waals surface area contributed by atoms with Crippen LogP contribution in [-0.2, 0) is 4.74 Å². The number of aromatic nitrogens is 1. The number of carbonyl (C=O) groups excluding carboxylic acids is 1. The third-order valence-corrected chi connectivity index (χ3v) is 3.49. The first kappa shape index (κ1) is 14.8. The van der Waals surface area contributed by atoms with E-state index in [-0.39, 0.29) is 11.8 Å². The fourth-order valence-corrected chi connectivity index (χ4v) is 2.18. The molecule has 1 fully saturated rings. The van der Waals surface area contributed by atoms with E-state index in [0.29, 0.717) is 30.6 Å². The molecule has 0 spiro atoms. The van der Waals surface area contributed by atoms with Crippen LogP contribution in [-0.4, -0.2) is 42.1 Å². The Hall–Kier alpha value is -1.62. The molecule has 2 N–H and O–H groups in total. The summed E-state index contributed by atoms with van der Waals surface area (Å²) in [7, 11) is 1.65. The van der Waals surface area contributed by atoms with Crippen LogP contribution in [0.1, 0.15) is 48.7 Å². The summed E-state index contributed by atoms with van der Waals surface area (Å²) >= 11 is 0. The summed E-state index contributed by atoms with van der Waals surface area (Å²) < 4.78 is 5.09. The van der Waals surface area contributed by atoms with Gasteiger partial charge in [-0.05, 0) is 30.9 Å². The van der Waals surface area contributed by atoms with Gasteiger partial charge in [0.1, 0.15) is 5.82 Å². The van der Waals surface area contributed by atoms with Crippen LogP contribution in [0, 0.1) is 0 Å². The molecule has 2 rings (SSSR count). The predicted molar refractivity (Wildman–Crippen MR) is 78.7 cm³/mol. The average Bonchev–Trinajstić information content (AvgIpc) is 3.22. The molecule has 1 aliphatic rings. The van der Waals surface area contributed by atoms with Crippen LogP contribution >= 0.6 is 0 Å². The number of nitrogens with two attached hydrogens (primary N) is 1. The maximum Gasteiger partial charge on any atom is 0.254 e. The highest BCUT2D eigenvalue weighted by Gasteiger charge is 2.33. The van der Waals surface area contributed by atoms with Gasteiger partial charge in [0.25, 0.3) is 5.91 Å². The monoisotopic (exact) mass is 277 g/mol. The Morgan fingerprint density at radius 2 is 2.20 bits per heavy atom. The van der Waals surface area contributed by atoms with Crippen LogP contribution < -0.4 is 5.73 Å². The van der Waals surface area contributed by atoms with Crippen LogP contribution in [0.2, 0.25) is 0 Å². The first-order valence-corrected chi connectivity index (χ1v) is 7.10. The van der Waals surface area contributed by atoms with Crippen LogP contribution in [0.5, 0.6) is 0 Å². The molecule has 1 heterocycles. The highest BCUT2D eigenvalue weighted by molar-refractivity contribution is 5.95. The molecule has 0 aliphatic heterocycles. The molecule has 1 aromatic heterocycles. The molecule has 0 atom stereocenters. The number of hydrogen-bond donors (Lipinski definition) is 1. The lowest BCUT2D eigenvalue weighted by Crippen LogP contribution is -2.36. The number of carbonyl (C=O) groups is 1. The van der Waals surface area contributed by atoms with Gasteiger partial charge in [0.15, 0.2) is 0 Å². The van der Waals surface area contributed by atoms with Crippen molar-refractivity contribution in [2.75, 3.05) is 26.0 Å². The van der Waals surface area contributed by atoms with Gasteiger partial charge in [0.2, 0.25) is 0 Å². The van der Waals surface area contributed by atoms with E-state index in [0.717, 1.165) is 18.5 Å². The van der Waals surface area contributed by atoms with Crippen molar-refractivity contribution in [2.45, 2.75) is 38.6 Å². The minimum atomic E-state index is 0.0283. The number of ether oxygens (including phenoxy) is 1. The topological polar surface area (TPSA) is 68.5 Å². The van der Waals surface area contributed by atoms with E-state index >= 15 is 0 Å². The number of methoxy groups -OCH3 is 1. The van der Waals surface area contributed by atoms with E-state index in [9.17, 15) is 4.79 Å². The first-order valence-electron chi connectivity index (χ1n) is 7.10. The largest absolute Gasteiger partial charge is 0.384 e. The maximum absolute atomic E-state index is 12.6. The van der Waals surface area contributed by atoms with Crippen molar-refractivity contribution in [1.82, 2.24) is 9.88 Å². The van der Waals surface area contributed by atoms with Gasteiger partial charge in [0, 0.05) is 31.0 Å². The minimum Gasteiger partial charge on any atom is -0.384 e. The van der Waals surface area contributed by atoms with Gasteiger partial charge in [-0.2, -0.15) is 0 Å². The van der Waals surface area contributed by atoms with Gasteiger partial charge in [-0.3, -0.25) is 4.79 Å². The second kappa shape index (κ2) is 6.22. The summed E-state index contributed by atoms with van der Waals surface area (Å²) in [6.07, 6.45) is 2.15. The Balaban J connectivity index is 2.21. The van der Waals surface area contributed by atoms with Crippen molar-refractivity contribution in [3.8, 4) is 0 Å². The van der Waals surface area contributed by atoms with E-state index in [1.54, 1.807) is 13.2 Å². The van der Waals surface area contributed by atoms with Crippen molar-refractivity contribution in [3.63, 3.8) is 0 Å². The highest BCUT2D eigenvalue weighted by Crippen LogP contribution is 2.28. The summed E-state index contributed by atoms with van der Waals surface area (Å²) in [6.45, 7) is 5.26. The van der Waals surface area contributed by atoms with Gasteiger partial charge < -0.3 is 15.4 Å². The van der Waals surface area contributed by atoms with Crippen molar-refractivity contribution in [2.24, 2.45) is 0 Å². The average molecular weight is 277 g/mol. The number of amides is 1. The van der Waals surface area contributed by atoms with Gasteiger partial charge in [-0.1, -0.05) is 13.8 Å². The van der Waals surface area contributed by atoms with E-state index in [1.165, 1.54) is 0 Å². The molecule has 0 unspecified atom stereocenters. The molecule has 20 heavy (non-hydrogen) atoms. The van der Waals surface area contributed by atoms with Crippen molar-refractivity contribution < 1.29 is 9.53 Å². The molecule has 5 heteroatoms. The Morgan fingerprint density at radius 1 is 1.50 bits per heavy atom. The van der Waals surface area contributed by atoms with Crippen LogP contribution in [0.25, 0.3) is 0 Å². The molecule has 110 valence electrons.